The number of hydrogen-bond donors (Lipinski definition) is 2. The van der Waals surface area contributed by atoms with Gasteiger partial charge in [0, 0.05) is 21.4 Å². The van der Waals surface area contributed by atoms with Gasteiger partial charge in [0.05, 0.1) is 18.6 Å². The molecule has 4 rings (SSSR count). The van der Waals surface area contributed by atoms with Gasteiger partial charge in [-0.25, -0.2) is 0 Å². The summed E-state index contributed by atoms with van der Waals surface area (Å²) in [4.78, 5) is 26.6. The van der Waals surface area contributed by atoms with Crippen LogP contribution in [0.25, 0.3) is 11.1 Å². The molecule has 1 saturated carbocycles. The van der Waals surface area contributed by atoms with Gasteiger partial charge in [-0.15, -0.1) is 11.3 Å². The summed E-state index contributed by atoms with van der Waals surface area (Å²) in [5.74, 6) is -0.210. The van der Waals surface area contributed by atoms with Gasteiger partial charge in [0.25, 0.3) is 5.91 Å². The van der Waals surface area contributed by atoms with Gasteiger partial charge in [0.15, 0.2) is 0 Å². The molecule has 1 fully saturated rings. The molecule has 0 unspecified atom stereocenters. The van der Waals surface area contributed by atoms with E-state index in [0.29, 0.717) is 32.1 Å². The molecule has 0 radical (unpaired) electrons. The van der Waals surface area contributed by atoms with Crippen LogP contribution in [0, 0.1) is 19.8 Å². The van der Waals surface area contributed by atoms with Crippen molar-refractivity contribution in [3.05, 3.63) is 75.0 Å². The van der Waals surface area contributed by atoms with Crippen LogP contribution in [0.4, 0.5) is 0 Å². The van der Waals surface area contributed by atoms with Crippen LogP contribution >= 0.6 is 11.3 Å². The molecular weight excluding hydrogens is 446 g/mol. The third-order valence-electron chi connectivity index (χ3n) is 6.78. The van der Waals surface area contributed by atoms with E-state index in [1.165, 1.54) is 0 Å². The van der Waals surface area contributed by atoms with E-state index < -0.39 is 5.97 Å². The molecule has 3 aromatic rings. The van der Waals surface area contributed by atoms with Gasteiger partial charge in [-0.1, -0.05) is 42.5 Å². The van der Waals surface area contributed by atoms with Crippen molar-refractivity contribution in [1.29, 1.82) is 0 Å². The highest BCUT2D eigenvalue weighted by molar-refractivity contribution is 7.12. The molecule has 1 aromatic heterocycles. The van der Waals surface area contributed by atoms with E-state index in [0.717, 1.165) is 43.3 Å². The number of para-hydroxylation sites is 1. The molecule has 0 aliphatic heterocycles. The smallest absolute Gasteiger partial charge is 0.306 e. The molecule has 0 saturated heterocycles. The molecule has 6 heteroatoms. The highest BCUT2D eigenvalue weighted by atomic mass is 32.1. The summed E-state index contributed by atoms with van der Waals surface area (Å²) in [7, 11) is 1.68. The van der Waals surface area contributed by atoms with Crippen molar-refractivity contribution < 1.29 is 19.4 Å². The Morgan fingerprint density at radius 1 is 1.00 bits per heavy atom. The van der Waals surface area contributed by atoms with Gasteiger partial charge in [0.2, 0.25) is 0 Å². The summed E-state index contributed by atoms with van der Waals surface area (Å²) >= 11 is 1.66. The minimum absolute atomic E-state index is 0.0377. The number of carboxylic acid groups (broad SMARTS) is 1. The number of thiophene rings is 1. The van der Waals surface area contributed by atoms with Crippen molar-refractivity contribution >= 4 is 23.2 Å². The molecule has 1 amide bonds. The maximum absolute atomic E-state index is 13.2. The normalized spacial score (nSPS) is 17.9. The Bertz CT molecular complexity index is 1170. The standard InChI is InChI=1S/C28H31NO4S/c1-17-24(16-19-8-10-20(11-9-19)23-6-4-5-7-25(23)33-3)26(18(2)34-17)27(30)29-22-14-12-21(13-15-22)28(31)32/h4-11,21-22H,12-16H2,1-3H3,(H,29,30)(H,31,32). The van der Waals surface area contributed by atoms with Gasteiger partial charge in [-0.3, -0.25) is 9.59 Å². The average Bonchev–Trinajstić information content (AvgIpc) is 3.12. The van der Waals surface area contributed by atoms with Crippen molar-refractivity contribution in [2.45, 2.75) is 52.0 Å². The number of hydrogen-bond acceptors (Lipinski definition) is 4. The van der Waals surface area contributed by atoms with Gasteiger partial charge in [-0.05, 0) is 68.7 Å². The number of aryl methyl sites for hydroxylation is 2. The third kappa shape index (κ3) is 5.17. The minimum atomic E-state index is -0.729. The van der Waals surface area contributed by atoms with E-state index in [1.54, 1.807) is 18.4 Å². The first-order valence-electron chi connectivity index (χ1n) is 11.7. The summed E-state index contributed by atoms with van der Waals surface area (Å²) in [5.41, 5.74) is 5.14. The number of carbonyl (C=O) groups is 2. The average molecular weight is 478 g/mol. The lowest BCUT2D eigenvalue weighted by atomic mass is 9.86. The third-order valence-corrected chi connectivity index (χ3v) is 7.84. The first-order chi connectivity index (χ1) is 16.4. The lowest BCUT2D eigenvalue weighted by molar-refractivity contribution is -0.142. The predicted molar refractivity (Wildman–Crippen MR) is 136 cm³/mol. The maximum atomic E-state index is 13.2. The summed E-state index contributed by atoms with van der Waals surface area (Å²) in [5, 5.41) is 12.4. The summed E-state index contributed by atoms with van der Waals surface area (Å²) in [6.07, 6.45) is 3.35. The van der Waals surface area contributed by atoms with E-state index in [-0.39, 0.29) is 17.9 Å². The van der Waals surface area contributed by atoms with E-state index in [1.807, 2.05) is 31.2 Å². The fraction of sp³-hybridized carbons (Fsp3) is 0.357. The van der Waals surface area contributed by atoms with E-state index in [9.17, 15) is 14.7 Å². The Hall–Kier alpha value is -3.12. The zero-order chi connectivity index (χ0) is 24.2. The van der Waals surface area contributed by atoms with Crippen LogP contribution in [0.2, 0.25) is 0 Å². The minimum Gasteiger partial charge on any atom is -0.496 e. The highest BCUT2D eigenvalue weighted by Crippen LogP contribution is 2.33. The molecular formula is C28H31NO4S. The van der Waals surface area contributed by atoms with E-state index >= 15 is 0 Å². The molecule has 0 spiro atoms. The number of rotatable bonds is 7. The number of carbonyl (C=O) groups excluding carboxylic acids is 1. The molecule has 34 heavy (non-hydrogen) atoms. The van der Waals surface area contributed by atoms with Crippen LogP contribution in [0.15, 0.2) is 48.5 Å². The summed E-state index contributed by atoms with van der Waals surface area (Å²) < 4.78 is 5.49. The Morgan fingerprint density at radius 3 is 2.32 bits per heavy atom. The molecule has 5 nitrogen and oxygen atoms in total. The molecule has 2 aromatic carbocycles. The van der Waals surface area contributed by atoms with Crippen molar-refractivity contribution in [2.75, 3.05) is 7.11 Å². The maximum Gasteiger partial charge on any atom is 0.306 e. The lowest BCUT2D eigenvalue weighted by Crippen LogP contribution is -2.39. The fourth-order valence-corrected chi connectivity index (χ4v) is 5.95. The van der Waals surface area contributed by atoms with Crippen LogP contribution in [-0.2, 0) is 11.2 Å². The molecule has 0 bridgehead atoms. The number of nitrogens with one attached hydrogen (secondary N) is 1. The molecule has 1 aliphatic rings. The predicted octanol–water partition coefficient (Wildman–Crippen LogP) is 6.00. The van der Waals surface area contributed by atoms with Crippen molar-refractivity contribution in [3.8, 4) is 16.9 Å². The number of methoxy groups -OCH3 is 1. The molecule has 2 N–H and O–H groups in total. The summed E-state index contributed by atoms with van der Waals surface area (Å²) in [6.45, 7) is 4.08. The van der Waals surface area contributed by atoms with Crippen LogP contribution < -0.4 is 10.1 Å². The molecule has 0 atom stereocenters. The van der Waals surface area contributed by atoms with Crippen molar-refractivity contribution in [2.24, 2.45) is 5.92 Å². The van der Waals surface area contributed by atoms with Crippen LogP contribution in [-0.4, -0.2) is 30.1 Å². The number of aliphatic carboxylic acids is 1. The van der Waals surface area contributed by atoms with Gasteiger partial charge < -0.3 is 15.2 Å². The Kier molecular flexibility index (Phi) is 7.37. The van der Waals surface area contributed by atoms with Crippen molar-refractivity contribution in [3.63, 3.8) is 0 Å². The second-order valence-electron chi connectivity index (χ2n) is 9.00. The number of benzene rings is 2. The SMILES string of the molecule is COc1ccccc1-c1ccc(Cc2c(C)sc(C)c2C(=O)NC2CCC(C(=O)O)CC2)cc1. The molecule has 1 heterocycles. The van der Waals surface area contributed by atoms with Crippen molar-refractivity contribution in [1.82, 2.24) is 5.32 Å². The summed E-state index contributed by atoms with van der Waals surface area (Å²) in [6, 6.07) is 16.4. The second kappa shape index (κ2) is 10.4. The quantitative estimate of drug-likeness (QED) is 0.437. The zero-order valence-corrected chi connectivity index (χ0v) is 20.7. The van der Waals surface area contributed by atoms with E-state index in [2.05, 4.69) is 36.5 Å². The number of amides is 1. The molecule has 1 aliphatic carbocycles. The Labute approximate surface area is 204 Å². The van der Waals surface area contributed by atoms with Crippen LogP contribution in [0.3, 0.4) is 0 Å². The topological polar surface area (TPSA) is 75.6 Å². The first kappa shape index (κ1) is 24.0. The number of ether oxygens (including phenoxy) is 1. The van der Waals surface area contributed by atoms with Gasteiger partial charge in [0.1, 0.15) is 5.75 Å². The largest absolute Gasteiger partial charge is 0.496 e. The number of carboxylic acids is 1. The van der Waals surface area contributed by atoms with Crippen LogP contribution in [0.1, 0.15) is 56.9 Å². The highest BCUT2D eigenvalue weighted by Gasteiger charge is 2.28. The van der Waals surface area contributed by atoms with Gasteiger partial charge in [-0.2, -0.15) is 0 Å². The van der Waals surface area contributed by atoms with Gasteiger partial charge >= 0.3 is 5.97 Å². The lowest BCUT2D eigenvalue weighted by Gasteiger charge is -2.27. The Morgan fingerprint density at radius 2 is 1.68 bits per heavy atom. The molecule has 178 valence electrons. The monoisotopic (exact) mass is 477 g/mol. The second-order valence-corrected chi connectivity index (χ2v) is 10.4. The van der Waals surface area contributed by atoms with E-state index in [4.69, 9.17) is 4.74 Å². The Balaban J connectivity index is 1.49. The van der Waals surface area contributed by atoms with Crippen LogP contribution in [0.5, 0.6) is 5.75 Å². The fourth-order valence-electron chi connectivity index (χ4n) is 4.87. The first-order valence-corrected chi connectivity index (χ1v) is 12.5. The zero-order valence-electron chi connectivity index (χ0n) is 19.9.